The second-order valence-corrected chi connectivity index (χ2v) is 6.26. The minimum absolute atomic E-state index is 0.00425. The molecule has 0 atom stereocenters. The van der Waals surface area contributed by atoms with Crippen molar-refractivity contribution in [3.8, 4) is 0 Å². The Bertz CT molecular complexity index is 917. The van der Waals surface area contributed by atoms with Crippen LogP contribution in [0.4, 0.5) is 0 Å². The Morgan fingerprint density at radius 3 is 1.33 bits per heavy atom. The maximum atomic E-state index is 12.4. The smallest absolute Gasteiger partial charge is 0.341 e. The van der Waals surface area contributed by atoms with E-state index in [1.807, 2.05) is 0 Å². The fraction of sp³-hybridized carbons (Fsp3) is 0.125. The predicted octanol–water partition coefficient (Wildman–Crippen LogP) is 4.27. The molecule has 0 aromatic heterocycles. The summed E-state index contributed by atoms with van der Waals surface area (Å²) in [6.07, 6.45) is -1.22. The van der Waals surface area contributed by atoms with Crippen LogP contribution >= 0.6 is 0 Å². The van der Waals surface area contributed by atoms with Gasteiger partial charge in [0.25, 0.3) is 6.29 Å². The normalized spacial score (nSPS) is 10.3. The lowest BCUT2D eigenvalue weighted by Gasteiger charge is -2.18. The molecule has 0 heterocycles. The fourth-order valence-corrected chi connectivity index (χ4v) is 2.57. The van der Waals surface area contributed by atoms with Crippen molar-refractivity contribution >= 4 is 17.9 Å². The van der Waals surface area contributed by atoms with E-state index in [2.05, 4.69) is 0 Å². The van der Waals surface area contributed by atoms with Gasteiger partial charge in [0.05, 0.1) is 29.7 Å². The molecule has 0 bridgehead atoms. The number of esters is 3. The molecule has 0 radical (unpaired) electrons. The van der Waals surface area contributed by atoms with Gasteiger partial charge < -0.3 is 14.2 Å². The minimum atomic E-state index is -1.21. The third-order valence-electron chi connectivity index (χ3n) is 4.09. The van der Waals surface area contributed by atoms with Crippen molar-refractivity contribution in [3.05, 3.63) is 108 Å². The second kappa shape index (κ2) is 10.6. The first-order valence-electron chi connectivity index (χ1n) is 9.38. The minimum Gasteiger partial charge on any atom is -0.462 e. The van der Waals surface area contributed by atoms with Crippen LogP contribution in [0, 0.1) is 0 Å². The molecule has 0 aliphatic heterocycles. The summed E-state index contributed by atoms with van der Waals surface area (Å²) in [7, 11) is 0. The van der Waals surface area contributed by atoms with E-state index in [1.54, 1.807) is 91.0 Å². The second-order valence-electron chi connectivity index (χ2n) is 6.26. The molecule has 0 aliphatic carbocycles. The average molecular weight is 404 g/mol. The van der Waals surface area contributed by atoms with Gasteiger partial charge in [-0.25, -0.2) is 14.4 Å². The van der Waals surface area contributed by atoms with Crippen LogP contribution in [0.5, 0.6) is 0 Å². The monoisotopic (exact) mass is 404 g/mol. The van der Waals surface area contributed by atoms with Crippen LogP contribution in [0.25, 0.3) is 0 Å². The van der Waals surface area contributed by atoms with Gasteiger partial charge in [0, 0.05) is 0 Å². The van der Waals surface area contributed by atoms with Crippen molar-refractivity contribution in [1.29, 1.82) is 0 Å². The molecule has 3 aromatic carbocycles. The molecule has 6 heteroatoms. The van der Waals surface area contributed by atoms with Gasteiger partial charge in [-0.3, -0.25) is 0 Å². The average Bonchev–Trinajstić information content (AvgIpc) is 2.80. The Morgan fingerprint density at radius 2 is 0.933 bits per heavy atom. The van der Waals surface area contributed by atoms with Crippen molar-refractivity contribution in [2.45, 2.75) is 12.7 Å². The fourth-order valence-electron chi connectivity index (χ4n) is 2.57. The summed E-state index contributed by atoms with van der Waals surface area (Å²) in [6.45, 7) is -0.0947. The predicted molar refractivity (Wildman–Crippen MR) is 109 cm³/mol. The number of hydrogen-bond donors (Lipinski definition) is 0. The van der Waals surface area contributed by atoms with Crippen LogP contribution in [-0.2, 0) is 14.2 Å². The molecule has 3 rings (SSSR count). The largest absolute Gasteiger partial charge is 0.462 e. The number of rotatable bonds is 8. The molecule has 0 amide bonds. The highest BCUT2D eigenvalue weighted by atomic mass is 16.7. The van der Waals surface area contributed by atoms with E-state index in [9.17, 15) is 14.4 Å². The summed E-state index contributed by atoms with van der Waals surface area (Å²) in [4.78, 5) is 36.8. The van der Waals surface area contributed by atoms with E-state index in [1.165, 1.54) is 0 Å². The summed E-state index contributed by atoms with van der Waals surface area (Å²) < 4.78 is 15.9. The molecule has 152 valence electrons. The Labute approximate surface area is 174 Å². The van der Waals surface area contributed by atoms with Gasteiger partial charge in [-0.05, 0) is 36.4 Å². The zero-order valence-electron chi connectivity index (χ0n) is 16.1. The van der Waals surface area contributed by atoms with Crippen LogP contribution in [0.3, 0.4) is 0 Å². The topological polar surface area (TPSA) is 78.9 Å². The van der Waals surface area contributed by atoms with Crippen molar-refractivity contribution in [2.75, 3.05) is 6.61 Å². The molecule has 3 aromatic rings. The molecule has 0 aliphatic rings. The first-order chi connectivity index (χ1) is 14.6. The van der Waals surface area contributed by atoms with E-state index in [0.29, 0.717) is 16.7 Å². The van der Waals surface area contributed by atoms with Gasteiger partial charge in [-0.1, -0.05) is 54.6 Å². The lowest BCUT2D eigenvalue weighted by molar-refractivity contribution is -0.0885. The Morgan fingerprint density at radius 1 is 0.567 bits per heavy atom. The quantitative estimate of drug-likeness (QED) is 0.412. The zero-order chi connectivity index (χ0) is 21.2. The lowest BCUT2D eigenvalue weighted by Crippen LogP contribution is -2.27. The van der Waals surface area contributed by atoms with E-state index < -0.39 is 24.2 Å². The number of ether oxygens (including phenoxy) is 3. The number of carbonyl (C=O) groups excluding carboxylic acids is 3. The van der Waals surface area contributed by atoms with Crippen LogP contribution in [0.2, 0.25) is 0 Å². The molecule has 30 heavy (non-hydrogen) atoms. The van der Waals surface area contributed by atoms with E-state index in [0.717, 1.165) is 0 Å². The van der Waals surface area contributed by atoms with Gasteiger partial charge in [0.1, 0.15) is 0 Å². The summed E-state index contributed by atoms with van der Waals surface area (Å²) in [5.74, 6) is -1.80. The van der Waals surface area contributed by atoms with E-state index in [-0.39, 0.29) is 13.0 Å². The van der Waals surface area contributed by atoms with Crippen molar-refractivity contribution in [2.24, 2.45) is 0 Å². The Kier molecular flexibility index (Phi) is 7.33. The molecular weight excluding hydrogens is 384 g/mol. The van der Waals surface area contributed by atoms with Gasteiger partial charge in [0.15, 0.2) is 0 Å². The van der Waals surface area contributed by atoms with Crippen molar-refractivity contribution in [3.63, 3.8) is 0 Å². The molecular formula is C24H20O6. The highest BCUT2D eigenvalue weighted by molar-refractivity contribution is 5.91. The molecule has 0 fully saturated rings. The summed E-state index contributed by atoms with van der Waals surface area (Å²) in [5, 5.41) is 0. The number of benzene rings is 3. The van der Waals surface area contributed by atoms with E-state index >= 15 is 0 Å². The molecule has 0 saturated heterocycles. The molecule has 0 N–H and O–H groups in total. The van der Waals surface area contributed by atoms with Gasteiger partial charge >= 0.3 is 17.9 Å². The third-order valence-corrected chi connectivity index (χ3v) is 4.09. The SMILES string of the molecule is O=C(OCCC(OC(=O)c1ccccc1)OC(=O)c1ccccc1)c1ccccc1. The Balaban J connectivity index is 1.63. The molecule has 0 spiro atoms. The van der Waals surface area contributed by atoms with Gasteiger partial charge in [-0.15, -0.1) is 0 Å². The highest BCUT2D eigenvalue weighted by Gasteiger charge is 2.22. The molecule has 6 nitrogen and oxygen atoms in total. The maximum Gasteiger partial charge on any atom is 0.341 e. The van der Waals surface area contributed by atoms with Crippen molar-refractivity contribution in [1.82, 2.24) is 0 Å². The molecule has 0 unspecified atom stereocenters. The van der Waals surface area contributed by atoms with Crippen LogP contribution in [0.1, 0.15) is 37.5 Å². The van der Waals surface area contributed by atoms with Crippen LogP contribution in [-0.4, -0.2) is 30.8 Å². The highest BCUT2D eigenvalue weighted by Crippen LogP contribution is 2.12. The summed E-state index contributed by atoms with van der Waals surface area (Å²) >= 11 is 0. The first-order valence-corrected chi connectivity index (χ1v) is 9.38. The maximum absolute atomic E-state index is 12.4. The zero-order valence-corrected chi connectivity index (χ0v) is 16.1. The standard InChI is InChI=1S/C24H20O6/c25-22(18-10-4-1-5-11-18)28-17-16-21(29-23(26)19-12-6-2-7-13-19)30-24(27)20-14-8-3-9-15-20/h1-15,21H,16-17H2. The number of carbonyl (C=O) groups is 3. The van der Waals surface area contributed by atoms with Crippen molar-refractivity contribution < 1.29 is 28.6 Å². The van der Waals surface area contributed by atoms with E-state index in [4.69, 9.17) is 14.2 Å². The lowest BCUT2D eigenvalue weighted by atomic mass is 10.2. The number of hydrogen-bond acceptors (Lipinski definition) is 6. The van der Waals surface area contributed by atoms with Crippen LogP contribution < -0.4 is 0 Å². The van der Waals surface area contributed by atoms with Gasteiger partial charge in [-0.2, -0.15) is 0 Å². The summed E-state index contributed by atoms with van der Waals surface area (Å²) in [6, 6.07) is 25.2. The summed E-state index contributed by atoms with van der Waals surface area (Å²) in [5.41, 5.74) is 1.04. The third kappa shape index (κ3) is 6.04. The van der Waals surface area contributed by atoms with Crippen LogP contribution in [0.15, 0.2) is 91.0 Å². The van der Waals surface area contributed by atoms with Gasteiger partial charge in [0.2, 0.25) is 0 Å². The Hall–Kier alpha value is -3.93. The first kappa shape index (κ1) is 20.8. The molecule has 0 saturated carbocycles.